The minimum atomic E-state index is -0.971. The summed E-state index contributed by atoms with van der Waals surface area (Å²) >= 11 is 3.10. The van der Waals surface area contributed by atoms with Crippen molar-refractivity contribution in [1.82, 2.24) is 5.32 Å². The highest BCUT2D eigenvalue weighted by atomic mass is 79.9. The molecular formula is C12H14BrF2NO2. The molecule has 1 fully saturated rings. The van der Waals surface area contributed by atoms with Crippen molar-refractivity contribution in [3.63, 3.8) is 0 Å². The number of likely N-dealkylation sites (N-methyl/N-ethyl adjacent to an activating group) is 1. The van der Waals surface area contributed by atoms with Crippen LogP contribution in [0.3, 0.4) is 0 Å². The van der Waals surface area contributed by atoms with Crippen molar-refractivity contribution in [2.45, 2.75) is 24.7 Å². The lowest BCUT2D eigenvalue weighted by molar-refractivity contribution is -0.0881. The standard InChI is InChI=1S/C12H14BrF2NO2/c1-16-8-5-10(12(8)17-2)18-9-4-6(13)3-7(14)11(9)15/h3-4,8,10,12,16H,5H2,1-2H3. The van der Waals surface area contributed by atoms with E-state index < -0.39 is 11.6 Å². The number of nitrogens with one attached hydrogen (secondary N) is 1. The molecule has 0 amide bonds. The van der Waals surface area contributed by atoms with Crippen molar-refractivity contribution in [1.29, 1.82) is 0 Å². The van der Waals surface area contributed by atoms with Gasteiger partial charge >= 0.3 is 0 Å². The van der Waals surface area contributed by atoms with E-state index in [1.165, 1.54) is 6.07 Å². The zero-order valence-corrected chi connectivity index (χ0v) is 11.6. The van der Waals surface area contributed by atoms with E-state index in [4.69, 9.17) is 9.47 Å². The Balaban J connectivity index is 2.11. The van der Waals surface area contributed by atoms with E-state index in [9.17, 15) is 8.78 Å². The average molecular weight is 322 g/mol. The lowest BCUT2D eigenvalue weighted by Gasteiger charge is -2.42. The molecular weight excluding hydrogens is 308 g/mol. The van der Waals surface area contributed by atoms with Gasteiger partial charge < -0.3 is 14.8 Å². The third kappa shape index (κ3) is 2.50. The van der Waals surface area contributed by atoms with E-state index in [0.29, 0.717) is 10.9 Å². The van der Waals surface area contributed by atoms with Crippen LogP contribution in [-0.2, 0) is 4.74 Å². The Hall–Kier alpha value is -0.720. The number of benzene rings is 1. The summed E-state index contributed by atoms with van der Waals surface area (Å²) in [4.78, 5) is 0. The van der Waals surface area contributed by atoms with Crippen LogP contribution in [0.1, 0.15) is 6.42 Å². The number of rotatable bonds is 4. The van der Waals surface area contributed by atoms with Gasteiger partial charge in [-0.25, -0.2) is 4.39 Å². The van der Waals surface area contributed by atoms with Gasteiger partial charge in [-0.1, -0.05) is 15.9 Å². The molecule has 1 aliphatic carbocycles. The van der Waals surface area contributed by atoms with E-state index in [-0.39, 0.29) is 24.0 Å². The van der Waals surface area contributed by atoms with Crippen LogP contribution in [0.2, 0.25) is 0 Å². The van der Waals surface area contributed by atoms with Gasteiger partial charge in [-0.3, -0.25) is 0 Å². The fourth-order valence-electron chi connectivity index (χ4n) is 2.08. The first kappa shape index (κ1) is 13.7. The van der Waals surface area contributed by atoms with Crippen LogP contribution in [-0.4, -0.2) is 32.4 Å². The van der Waals surface area contributed by atoms with E-state index in [1.807, 2.05) is 7.05 Å². The monoisotopic (exact) mass is 321 g/mol. The van der Waals surface area contributed by atoms with Gasteiger partial charge in [0.1, 0.15) is 12.2 Å². The molecule has 0 spiro atoms. The molecule has 0 radical (unpaired) electrons. The summed E-state index contributed by atoms with van der Waals surface area (Å²) in [5.74, 6) is -2.00. The van der Waals surface area contributed by atoms with Crippen LogP contribution < -0.4 is 10.1 Å². The van der Waals surface area contributed by atoms with Crippen molar-refractivity contribution in [3.8, 4) is 5.75 Å². The Kier molecular flexibility index (Phi) is 4.19. The smallest absolute Gasteiger partial charge is 0.200 e. The molecule has 0 saturated heterocycles. The molecule has 0 bridgehead atoms. The first-order valence-electron chi connectivity index (χ1n) is 5.58. The molecule has 1 aromatic carbocycles. The molecule has 3 unspecified atom stereocenters. The van der Waals surface area contributed by atoms with Crippen molar-refractivity contribution in [2.24, 2.45) is 0 Å². The van der Waals surface area contributed by atoms with E-state index in [0.717, 1.165) is 6.07 Å². The van der Waals surface area contributed by atoms with Crippen LogP contribution in [0.15, 0.2) is 16.6 Å². The topological polar surface area (TPSA) is 30.5 Å². The highest BCUT2D eigenvalue weighted by Crippen LogP contribution is 2.32. The van der Waals surface area contributed by atoms with Crippen LogP contribution in [0.25, 0.3) is 0 Å². The Morgan fingerprint density at radius 3 is 2.72 bits per heavy atom. The zero-order valence-electron chi connectivity index (χ0n) is 10.0. The number of halogens is 3. The van der Waals surface area contributed by atoms with Gasteiger partial charge in [0.2, 0.25) is 5.82 Å². The minimum absolute atomic E-state index is 0.0940. The second-order valence-corrected chi connectivity index (χ2v) is 5.10. The van der Waals surface area contributed by atoms with Gasteiger partial charge in [-0.15, -0.1) is 0 Å². The van der Waals surface area contributed by atoms with Crippen molar-refractivity contribution in [3.05, 3.63) is 28.2 Å². The first-order chi connectivity index (χ1) is 8.56. The molecule has 6 heteroatoms. The SMILES string of the molecule is CNC1CC(Oc2cc(Br)cc(F)c2F)C1OC. The fourth-order valence-corrected chi connectivity index (χ4v) is 2.49. The van der Waals surface area contributed by atoms with Gasteiger partial charge in [0.25, 0.3) is 0 Å². The molecule has 18 heavy (non-hydrogen) atoms. The van der Waals surface area contributed by atoms with Crippen LogP contribution >= 0.6 is 15.9 Å². The Labute approximate surface area is 113 Å². The van der Waals surface area contributed by atoms with Gasteiger partial charge in [0, 0.05) is 24.0 Å². The number of hydrogen-bond donors (Lipinski definition) is 1. The quantitative estimate of drug-likeness (QED) is 0.864. The van der Waals surface area contributed by atoms with Crippen molar-refractivity contribution in [2.75, 3.05) is 14.2 Å². The Morgan fingerprint density at radius 1 is 1.39 bits per heavy atom. The normalized spacial score (nSPS) is 26.8. The summed E-state index contributed by atoms with van der Waals surface area (Å²) in [6, 6.07) is 2.66. The zero-order chi connectivity index (χ0) is 13.3. The highest BCUT2D eigenvalue weighted by molar-refractivity contribution is 9.10. The van der Waals surface area contributed by atoms with Crippen LogP contribution in [0.4, 0.5) is 8.78 Å². The highest BCUT2D eigenvalue weighted by Gasteiger charge is 2.42. The van der Waals surface area contributed by atoms with Gasteiger partial charge in [-0.2, -0.15) is 4.39 Å². The molecule has 1 aromatic rings. The minimum Gasteiger partial charge on any atom is -0.484 e. The summed E-state index contributed by atoms with van der Waals surface area (Å²) in [6.07, 6.45) is 0.273. The maximum Gasteiger partial charge on any atom is 0.200 e. The molecule has 2 rings (SSSR count). The average Bonchev–Trinajstić information content (AvgIpc) is 2.30. The van der Waals surface area contributed by atoms with Crippen LogP contribution in [0.5, 0.6) is 5.75 Å². The van der Waals surface area contributed by atoms with Gasteiger partial charge in [-0.05, 0) is 19.2 Å². The number of hydrogen-bond acceptors (Lipinski definition) is 3. The van der Waals surface area contributed by atoms with Gasteiger partial charge in [0.05, 0.1) is 0 Å². The Morgan fingerprint density at radius 2 is 2.11 bits per heavy atom. The van der Waals surface area contributed by atoms with Crippen molar-refractivity contribution >= 4 is 15.9 Å². The molecule has 100 valence electrons. The molecule has 1 saturated carbocycles. The maximum absolute atomic E-state index is 13.5. The number of methoxy groups -OCH3 is 1. The first-order valence-corrected chi connectivity index (χ1v) is 6.37. The lowest BCUT2D eigenvalue weighted by Crippen LogP contribution is -2.60. The predicted octanol–water partition coefficient (Wildman–Crippen LogP) is 2.48. The lowest BCUT2D eigenvalue weighted by atomic mass is 9.85. The largest absolute Gasteiger partial charge is 0.484 e. The Bertz CT molecular complexity index is 444. The summed E-state index contributed by atoms with van der Waals surface area (Å²) in [5.41, 5.74) is 0. The molecule has 0 heterocycles. The molecule has 0 aromatic heterocycles. The number of ether oxygens (including phenoxy) is 2. The molecule has 0 aliphatic heterocycles. The summed E-state index contributed by atoms with van der Waals surface area (Å²) in [5, 5.41) is 3.07. The second kappa shape index (κ2) is 5.50. The van der Waals surface area contributed by atoms with Crippen molar-refractivity contribution < 1.29 is 18.3 Å². The van der Waals surface area contributed by atoms with E-state index in [1.54, 1.807) is 7.11 Å². The third-order valence-electron chi connectivity index (χ3n) is 3.13. The molecule has 1 N–H and O–H groups in total. The van der Waals surface area contributed by atoms with E-state index in [2.05, 4.69) is 21.2 Å². The van der Waals surface area contributed by atoms with Gasteiger partial charge in [0.15, 0.2) is 11.6 Å². The summed E-state index contributed by atoms with van der Waals surface area (Å²) < 4.78 is 37.9. The van der Waals surface area contributed by atoms with E-state index >= 15 is 0 Å². The van der Waals surface area contributed by atoms with Crippen LogP contribution in [0, 0.1) is 11.6 Å². The predicted molar refractivity (Wildman–Crippen MR) is 66.7 cm³/mol. The fraction of sp³-hybridized carbons (Fsp3) is 0.500. The summed E-state index contributed by atoms with van der Waals surface area (Å²) in [6.45, 7) is 0. The third-order valence-corrected chi connectivity index (χ3v) is 3.59. The maximum atomic E-state index is 13.5. The molecule has 1 aliphatic rings. The molecule has 3 nitrogen and oxygen atoms in total. The summed E-state index contributed by atoms with van der Waals surface area (Å²) in [7, 11) is 3.40. The molecule has 3 atom stereocenters. The second-order valence-electron chi connectivity index (χ2n) is 4.19.